The van der Waals surface area contributed by atoms with Crippen molar-refractivity contribution < 1.29 is 12.8 Å². The zero-order chi connectivity index (χ0) is 20.6. The number of nitrogens with zero attached hydrogens (tertiary/aromatic N) is 3. The zero-order valence-electron chi connectivity index (χ0n) is 14.8. The van der Waals surface area contributed by atoms with Crippen molar-refractivity contribution in [2.45, 2.75) is 11.4 Å². The van der Waals surface area contributed by atoms with Gasteiger partial charge in [-0.1, -0.05) is 29.8 Å². The van der Waals surface area contributed by atoms with Crippen molar-refractivity contribution in [2.24, 2.45) is 0 Å². The smallest absolute Gasteiger partial charge is 0.280 e. The summed E-state index contributed by atoms with van der Waals surface area (Å²) >= 11 is 5.68. The zero-order valence-corrected chi connectivity index (χ0v) is 16.4. The fourth-order valence-corrected chi connectivity index (χ4v) is 4.16. The molecule has 0 aliphatic heterocycles. The fourth-order valence-electron chi connectivity index (χ4n) is 2.84. The lowest BCUT2D eigenvalue weighted by Gasteiger charge is -2.10. The Morgan fingerprint density at radius 3 is 2.66 bits per heavy atom. The van der Waals surface area contributed by atoms with Crippen molar-refractivity contribution in [1.82, 2.24) is 14.2 Å². The first-order valence-corrected chi connectivity index (χ1v) is 10.3. The van der Waals surface area contributed by atoms with E-state index < -0.39 is 15.8 Å². The number of aromatic nitrogens is 3. The molecule has 0 saturated heterocycles. The first-order chi connectivity index (χ1) is 13.8. The van der Waals surface area contributed by atoms with Crippen molar-refractivity contribution in [2.75, 3.05) is 4.72 Å². The molecule has 7 nitrogen and oxygen atoms in total. The van der Waals surface area contributed by atoms with Gasteiger partial charge in [0.15, 0.2) is 5.65 Å². The summed E-state index contributed by atoms with van der Waals surface area (Å²) in [5.41, 5.74) is 1.18. The van der Waals surface area contributed by atoms with Gasteiger partial charge < -0.3 is 0 Å². The molecule has 10 heteroatoms. The summed E-state index contributed by atoms with van der Waals surface area (Å²) in [5, 5.41) is 3.97. The van der Waals surface area contributed by atoms with E-state index in [-0.39, 0.29) is 22.2 Å². The first kappa shape index (κ1) is 19.2. The van der Waals surface area contributed by atoms with Crippen LogP contribution >= 0.6 is 11.6 Å². The number of pyridine rings is 1. The second kappa shape index (κ2) is 7.34. The number of hydrogen-bond donors (Lipinski definition) is 1. The molecule has 0 spiro atoms. The standard InChI is InChI=1S/C19H14ClFN4O3S/c20-16-11-15(7-8-17(16)21)29(27,28)23-14-5-3-4-13(10-14)12-25-19(26)24-9-2-1-6-18(24)22-25/h1-11,23H,12H2. The highest BCUT2D eigenvalue weighted by atomic mass is 35.5. The molecule has 0 unspecified atom stereocenters. The van der Waals surface area contributed by atoms with Crippen LogP contribution < -0.4 is 10.4 Å². The molecule has 2 aromatic carbocycles. The molecule has 29 heavy (non-hydrogen) atoms. The minimum absolute atomic E-state index is 0.161. The quantitative estimate of drug-likeness (QED) is 0.525. The Balaban J connectivity index is 1.60. The molecule has 0 aliphatic rings. The van der Waals surface area contributed by atoms with Crippen LogP contribution in [-0.4, -0.2) is 22.6 Å². The number of fused-ring (bicyclic) bond motifs is 1. The summed E-state index contributed by atoms with van der Waals surface area (Å²) in [4.78, 5) is 12.2. The van der Waals surface area contributed by atoms with Gasteiger partial charge in [-0.3, -0.25) is 9.12 Å². The lowest BCUT2D eigenvalue weighted by molar-refractivity contribution is 0.599. The summed E-state index contributed by atoms with van der Waals surface area (Å²) in [6.45, 7) is 0.165. The molecule has 0 saturated carbocycles. The van der Waals surface area contributed by atoms with Crippen LogP contribution in [0.3, 0.4) is 0 Å². The maximum Gasteiger partial charge on any atom is 0.350 e. The molecule has 0 atom stereocenters. The van der Waals surface area contributed by atoms with Gasteiger partial charge in [0.1, 0.15) is 5.82 Å². The van der Waals surface area contributed by atoms with E-state index in [1.807, 2.05) is 0 Å². The molecule has 0 radical (unpaired) electrons. The largest absolute Gasteiger partial charge is 0.350 e. The third-order valence-electron chi connectivity index (χ3n) is 4.20. The molecule has 0 fully saturated rings. The van der Waals surface area contributed by atoms with Crippen LogP contribution in [-0.2, 0) is 16.6 Å². The Bertz CT molecular complexity index is 1380. The predicted octanol–water partition coefficient (Wildman–Crippen LogP) is 3.14. The number of halogens is 2. The van der Waals surface area contributed by atoms with E-state index in [0.29, 0.717) is 16.9 Å². The van der Waals surface area contributed by atoms with Gasteiger partial charge in [0, 0.05) is 11.9 Å². The lowest BCUT2D eigenvalue weighted by Crippen LogP contribution is -2.21. The topological polar surface area (TPSA) is 85.5 Å². The monoisotopic (exact) mass is 432 g/mol. The van der Waals surface area contributed by atoms with Crippen LogP contribution in [0, 0.1) is 5.82 Å². The number of sulfonamides is 1. The SMILES string of the molecule is O=c1n(Cc2cccc(NS(=O)(=O)c3ccc(F)c(Cl)c3)c2)nc2ccccn12. The average molecular weight is 433 g/mol. The maximum atomic E-state index is 13.3. The number of rotatable bonds is 5. The van der Waals surface area contributed by atoms with E-state index in [1.165, 1.54) is 9.08 Å². The number of anilines is 1. The van der Waals surface area contributed by atoms with Crippen LogP contribution in [0.4, 0.5) is 10.1 Å². The van der Waals surface area contributed by atoms with Gasteiger partial charge in [-0.25, -0.2) is 22.3 Å². The van der Waals surface area contributed by atoms with E-state index in [1.54, 1.807) is 48.7 Å². The molecular formula is C19H14ClFN4O3S. The van der Waals surface area contributed by atoms with Crippen LogP contribution in [0.25, 0.3) is 5.65 Å². The number of hydrogen-bond acceptors (Lipinski definition) is 4. The minimum Gasteiger partial charge on any atom is -0.280 e. The highest BCUT2D eigenvalue weighted by molar-refractivity contribution is 7.92. The van der Waals surface area contributed by atoms with Crippen LogP contribution in [0.1, 0.15) is 5.56 Å². The molecular weight excluding hydrogens is 419 g/mol. The molecule has 0 amide bonds. The van der Waals surface area contributed by atoms with Gasteiger partial charge in [-0.2, -0.15) is 0 Å². The number of benzene rings is 2. The second-order valence-corrected chi connectivity index (χ2v) is 8.34. The highest BCUT2D eigenvalue weighted by Crippen LogP contribution is 2.22. The maximum absolute atomic E-state index is 13.3. The van der Waals surface area contributed by atoms with Crippen molar-refractivity contribution >= 4 is 33.0 Å². The molecule has 4 aromatic rings. The van der Waals surface area contributed by atoms with Gasteiger partial charge >= 0.3 is 5.69 Å². The van der Waals surface area contributed by atoms with E-state index in [4.69, 9.17) is 11.6 Å². The second-order valence-electron chi connectivity index (χ2n) is 6.25. The van der Waals surface area contributed by atoms with Crippen molar-refractivity contribution in [1.29, 1.82) is 0 Å². The first-order valence-electron chi connectivity index (χ1n) is 8.44. The summed E-state index contributed by atoms with van der Waals surface area (Å²) < 4.78 is 43.5. The minimum atomic E-state index is -3.96. The predicted molar refractivity (Wildman–Crippen MR) is 107 cm³/mol. The van der Waals surface area contributed by atoms with E-state index in [2.05, 4.69) is 9.82 Å². The molecule has 2 heterocycles. The van der Waals surface area contributed by atoms with Gasteiger partial charge in [0.25, 0.3) is 10.0 Å². The molecule has 148 valence electrons. The van der Waals surface area contributed by atoms with Crippen LogP contribution in [0.2, 0.25) is 5.02 Å². The lowest BCUT2D eigenvalue weighted by atomic mass is 10.2. The average Bonchev–Trinajstić information content (AvgIpc) is 3.00. The van der Waals surface area contributed by atoms with Gasteiger partial charge in [0.2, 0.25) is 0 Å². The van der Waals surface area contributed by atoms with Gasteiger partial charge in [0.05, 0.1) is 16.5 Å². The van der Waals surface area contributed by atoms with Gasteiger partial charge in [-0.15, -0.1) is 5.10 Å². The summed E-state index contributed by atoms with van der Waals surface area (Å²) in [7, 11) is -3.96. The van der Waals surface area contributed by atoms with Crippen molar-refractivity contribution in [3.63, 3.8) is 0 Å². The Morgan fingerprint density at radius 1 is 1.07 bits per heavy atom. The third kappa shape index (κ3) is 3.87. The Labute approximate surface area is 170 Å². The van der Waals surface area contributed by atoms with E-state index in [0.717, 1.165) is 18.2 Å². The molecule has 1 N–H and O–H groups in total. The highest BCUT2D eigenvalue weighted by Gasteiger charge is 2.16. The molecule has 4 rings (SSSR count). The normalized spacial score (nSPS) is 11.7. The van der Waals surface area contributed by atoms with Crippen LogP contribution in [0.15, 0.2) is 76.6 Å². The molecule has 0 aliphatic carbocycles. The fraction of sp³-hybridized carbons (Fsp3) is 0.0526. The summed E-state index contributed by atoms with van der Waals surface area (Å²) in [6.07, 6.45) is 1.62. The van der Waals surface area contributed by atoms with E-state index >= 15 is 0 Å². The van der Waals surface area contributed by atoms with Crippen LogP contribution in [0.5, 0.6) is 0 Å². The third-order valence-corrected chi connectivity index (χ3v) is 5.87. The Hall–Kier alpha value is -3.17. The number of nitrogens with one attached hydrogen (secondary N) is 1. The summed E-state index contributed by atoms with van der Waals surface area (Å²) in [6, 6.07) is 15.0. The van der Waals surface area contributed by atoms with E-state index in [9.17, 15) is 17.6 Å². The Kier molecular flexibility index (Phi) is 4.85. The molecule has 0 bridgehead atoms. The van der Waals surface area contributed by atoms with Crippen molar-refractivity contribution in [3.8, 4) is 0 Å². The van der Waals surface area contributed by atoms with Gasteiger partial charge in [-0.05, 0) is 48.0 Å². The van der Waals surface area contributed by atoms with Crippen molar-refractivity contribution in [3.05, 3.63) is 93.7 Å². The molecule has 2 aromatic heterocycles. The Morgan fingerprint density at radius 2 is 1.90 bits per heavy atom. The summed E-state index contributed by atoms with van der Waals surface area (Å²) in [5.74, 6) is -0.703.